The molecule has 1 amide bonds. The number of ether oxygens (including phenoxy) is 2. The fourth-order valence-corrected chi connectivity index (χ4v) is 3.26. The van der Waals surface area contributed by atoms with Crippen LogP contribution >= 0.6 is 15.9 Å². The minimum atomic E-state index is -0.266. The van der Waals surface area contributed by atoms with Gasteiger partial charge in [-0.2, -0.15) is 5.10 Å². The lowest BCUT2D eigenvalue weighted by molar-refractivity contribution is 0.102. The van der Waals surface area contributed by atoms with Gasteiger partial charge in [-0.3, -0.25) is 4.79 Å². The van der Waals surface area contributed by atoms with Crippen molar-refractivity contribution in [2.75, 3.05) is 19.5 Å². The molecule has 0 atom stereocenters. The van der Waals surface area contributed by atoms with Gasteiger partial charge in [0.1, 0.15) is 0 Å². The van der Waals surface area contributed by atoms with E-state index in [9.17, 15) is 4.79 Å². The molecule has 3 rings (SSSR count). The van der Waals surface area contributed by atoms with Crippen LogP contribution in [-0.4, -0.2) is 29.9 Å². The van der Waals surface area contributed by atoms with Crippen molar-refractivity contribution in [1.82, 2.24) is 9.78 Å². The molecule has 28 heavy (non-hydrogen) atoms. The zero-order valence-corrected chi connectivity index (χ0v) is 17.2. The first-order valence-electron chi connectivity index (χ1n) is 8.54. The predicted octanol–water partition coefficient (Wildman–Crippen LogP) is 4.63. The molecule has 3 aromatic rings. The fraction of sp³-hybridized carbons (Fsp3) is 0.143. The van der Waals surface area contributed by atoms with Crippen molar-refractivity contribution in [3.8, 4) is 17.2 Å². The lowest BCUT2D eigenvalue weighted by Crippen LogP contribution is -2.15. The van der Waals surface area contributed by atoms with Gasteiger partial charge in [0.25, 0.3) is 5.91 Å². The second-order valence-electron chi connectivity index (χ2n) is 5.93. The van der Waals surface area contributed by atoms with Gasteiger partial charge in [-0.05, 0) is 42.8 Å². The van der Waals surface area contributed by atoms with Crippen LogP contribution in [0.4, 0.5) is 5.69 Å². The maximum absolute atomic E-state index is 13.0. The SMILES string of the molecule is C=CCc1cc(C(=O)Nc2cc(Br)ccc2-n2cccn2)cc(OC)c1OC. The van der Waals surface area contributed by atoms with E-state index in [1.807, 2.05) is 30.5 Å². The van der Waals surface area contributed by atoms with Gasteiger partial charge in [0.15, 0.2) is 11.5 Å². The fourth-order valence-electron chi connectivity index (χ4n) is 2.90. The van der Waals surface area contributed by atoms with Gasteiger partial charge in [0, 0.05) is 28.0 Å². The van der Waals surface area contributed by atoms with E-state index >= 15 is 0 Å². The van der Waals surface area contributed by atoms with Crippen LogP contribution in [0.5, 0.6) is 11.5 Å². The first-order valence-corrected chi connectivity index (χ1v) is 9.33. The molecule has 1 N–H and O–H groups in total. The number of aromatic nitrogens is 2. The van der Waals surface area contributed by atoms with E-state index < -0.39 is 0 Å². The van der Waals surface area contributed by atoms with Crippen LogP contribution in [0, 0.1) is 0 Å². The van der Waals surface area contributed by atoms with Crippen LogP contribution in [0.25, 0.3) is 5.69 Å². The molecule has 0 aliphatic heterocycles. The van der Waals surface area contributed by atoms with Gasteiger partial charge in [-0.25, -0.2) is 4.68 Å². The summed E-state index contributed by atoms with van der Waals surface area (Å²) in [7, 11) is 3.11. The number of halogens is 1. The third-order valence-corrected chi connectivity index (χ3v) is 4.63. The number of rotatable bonds is 7. The van der Waals surface area contributed by atoms with E-state index in [0.717, 1.165) is 15.7 Å². The summed E-state index contributed by atoms with van der Waals surface area (Å²) < 4.78 is 13.4. The molecule has 0 spiro atoms. The van der Waals surface area contributed by atoms with Crippen LogP contribution in [0.15, 0.2) is 65.9 Å². The highest BCUT2D eigenvalue weighted by Gasteiger charge is 2.17. The minimum Gasteiger partial charge on any atom is -0.493 e. The maximum atomic E-state index is 13.0. The number of carbonyl (C=O) groups is 1. The average molecular weight is 442 g/mol. The summed E-state index contributed by atoms with van der Waals surface area (Å²) >= 11 is 3.45. The van der Waals surface area contributed by atoms with Gasteiger partial charge in [0.05, 0.1) is 25.6 Å². The summed E-state index contributed by atoms with van der Waals surface area (Å²) in [5, 5.41) is 7.21. The minimum absolute atomic E-state index is 0.266. The Morgan fingerprint density at radius 1 is 1.29 bits per heavy atom. The summed E-state index contributed by atoms with van der Waals surface area (Å²) in [6, 6.07) is 10.9. The van der Waals surface area contributed by atoms with Crippen molar-refractivity contribution in [3.63, 3.8) is 0 Å². The number of anilines is 1. The quantitative estimate of drug-likeness (QED) is 0.542. The van der Waals surface area contributed by atoms with Crippen LogP contribution in [0.3, 0.4) is 0 Å². The number of benzene rings is 2. The van der Waals surface area contributed by atoms with Crippen molar-refractivity contribution >= 4 is 27.5 Å². The molecule has 0 radical (unpaired) electrons. The number of nitrogens with zero attached hydrogens (tertiary/aromatic N) is 2. The standard InChI is InChI=1S/C21H20BrN3O3/c1-4-6-14-11-15(12-19(27-2)20(14)28-3)21(26)24-17-13-16(22)7-8-18(17)25-10-5-9-23-25/h4-5,7-13H,1,6H2,2-3H3,(H,24,26). The number of allylic oxidation sites excluding steroid dienone is 1. The second-order valence-corrected chi connectivity index (χ2v) is 6.85. The number of hydrogen-bond donors (Lipinski definition) is 1. The molecule has 0 fully saturated rings. The Hall–Kier alpha value is -3.06. The molecule has 0 aliphatic carbocycles. The molecule has 1 aromatic heterocycles. The van der Waals surface area contributed by atoms with E-state index in [-0.39, 0.29) is 5.91 Å². The van der Waals surface area contributed by atoms with Crippen LogP contribution in [0.2, 0.25) is 0 Å². The Morgan fingerprint density at radius 3 is 2.75 bits per heavy atom. The van der Waals surface area contributed by atoms with Gasteiger partial charge in [-0.1, -0.05) is 22.0 Å². The number of hydrogen-bond acceptors (Lipinski definition) is 4. The Bertz CT molecular complexity index is 1000. The molecule has 0 unspecified atom stereocenters. The van der Waals surface area contributed by atoms with Gasteiger partial charge >= 0.3 is 0 Å². The number of carbonyl (C=O) groups excluding carboxylic acids is 1. The van der Waals surface area contributed by atoms with E-state index in [1.54, 1.807) is 43.3 Å². The smallest absolute Gasteiger partial charge is 0.255 e. The van der Waals surface area contributed by atoms with Crippen LogP contribution in [-0.2, 0) is 6.42 Å². The monoisotopic (exact) mass is 441 g/mol. The summed E-state index contributed by atoms with van der Waals surface area (Å²) in [4.78, 5) is 13.0. The lowest BCUT2D eigenvalue weighted by atomic mass is 10.0. The van der Waals surface area contributed by atoms with Crippen molar-refractivity contribution < 1.29 is 14.3 Å². The number of nitrogens with one attached hydrogen (secondary N) is 1. The highest BCUT2D eigenvalue weighted by molar-refractivity contribution is 9.10. The zero-order valence-electron chi connectivity index (χ0n) is 15.6. The third kappa shape index (κ3) is 4.09. The summed E-state index contributed by atoms with van der Waals surface area (Å²) in [5.74, 6) is 0.824. The van der Waals surface area contributed by atoms with Crippen molar-refractivity contribution in [1.29, 1.82) is 0 Å². The Labute approximate surface area is 171 Å². The summed E-state index contributed by atoms with van der Waals surface area (Å²) in [6.07, 6.45) is 5.81. The Kier molecular flexibility index (Phi) is 6.16. The van der Waals surface area contributed by atoms with Crippen molar-refractivity contribution in [3.05, 3.63) is 77.0 Å². The summed E-state index contributed by atoms with van der Waals surface area (Å²) in [5.41, 5.74) is 2.67. The maximum Gasteiger partial charge on any atom is 0.255 e. The predicted molar refractivity (Wildman–Crippen MR) is 113 cm³/mol. The number of amides is 1. The Morgan fingerprint density at radius 2 is 2.11 bits per heavy atom. The molecular formula is C21H20BrN3O3. The molecule has 6 nitrogen and oxygen atoms in total. The molecule has 0 aliphatic rings. The summed E-state index contributed by atoms with van der Waals surface area (Å²) in [6.45, 7) is 3.77. The molecule has 1 heterocycles. The molecule has 2 aromatic carbocycles. The van der Waals surface area contributed by atoms with Crippen molar-refractivity contribution in [2.45, 2.75) is 6.42 Å². The van der Waals surface area contributed by atoms with Crippen LogP contribution < -0.4 is 14.8 Å². The van der Waals surface area contributed by atoms with Crippen LogP contribution in [0.1, 0.15) is 15.9 Å². The van der Waals surface area contributed by atoms with E-state index in [4.69, 9.17) is 9.47 Å². The van der Waals surface area contributed by atoms with Gasteiger partial charge in [0.2, 0.25) is 0 Å². The third-order valence-electron chi connectivity index (χ3n) is 4.14. The van der Waals surface area contributed by atoms with E-state index in [2.05, 4.69) is 32.9 Å². The normalized spacial score (nSPS) is 10.4. The molecule has 0 bridgehead atoms. The molecule has 7 heteroatoms. The lowest BCUT2D eigenvalue weighted by Gasteiger charge is -2.15. The first-order chi connectivity index (χ1) is 13.6. The highest BCUT2D eigenvalue weighted by atomic mass is 79.9. The van der Waals surface area contributed by atoms with Gasteiger partial charge < -0.3 is 14.8 Å². The highest BCUT2D eigenvalue weighted by Crippen LogP contribution is 2.34. The molecule has 0 saturated heterocycles. The van der Waals surface area contributed by atoms with Crippen molar-refractivity contribution in [2.24, 2.45) is 0 Å². The van der Waals surface area contributed by atoms with E-state index in [0.29, 0.717) is 29.2 Å². The second kappa shape index (κ2) is 8.75. The molecule has 144 valence electrons. The first kappa shape index (κ1) is 19.7. The average Bonchev–Trinajstić information content (AvgIpc) is 3.22. The molecular weight excluding hydrogens is 422 g/mol. The zero-order chi connectivity index (χ0) is 20.1. The largest absolute Gasteiger partial charge is 0.493 e. The topological polar surface area (TPSA) is 65.4 Å². The van der Waals surface area contributed by atoms with E-state index in [1.165, 1.54) is 0 Å². The Balaban J connectivity index is 1.99. The molecule has 0 saturated carbocycles. The van der Waals surface area contributed by atoms with Gasteiger partial charge in [-0.15, -0.1) is 6.58 Å². The number of methoxy groups -OCH3 is 2.